The average molecular weight is 204 g/mol. The third-order valence-corrected chi connectivity index (χ3v) is 3.09. The van der Waals surface area contributed by atoms with E-state index in [0.717, 1.165) is 6.54 Å². The van der Waals surface area contributed by atoms with E-state index in [9.17, 15) is 0 Å². The predicted molar refractivity (Wildman–Crippen MR) is 65.4 cm³/mol. The van der Waals surface area contributed by atoms with Crippen LogP contribution >= 0.6 is 0 Å². The maximum Gasteiger partial charge on any atom is 0.0373 e. The predicted octanol–water partition coefficient (Wildman–Crippen LogP) is 2.47. The molecule has 1 aromatic rings. The van der Waals surface area contributed by atoms with Gasteiger partial charge < -0.3 is 10.6 Å². The maximum absolute atomic E-state index is 3.53. The van der Waals surface area contributed by atoms with Gasteiger partial charge in [0.15, 0.2) is 0 Å². The van der Waals surface area contributed by atoms with Gasteiger partial charge in [-0.15, -0.1) is 0 Å². The number of benzene rings is 1. The van der Waals surface area contributed by atoms with Gasteiger partial charge in [-0.1, -0.05) is 12.1 Å². The molecular weight excluding hydrogens is 184 g/mol. The second kappa shape index (κ2) is 4.67. The molecule has 1 heterocycles. The quantitative estimate of drug-likeness (QED) is 0.790. The zero-order chi connectivity index (χ0) is 10.7. The molecule has 0 aromatic heterocycles. The first kappa shape index (κ1) is 10.5. The Hall–Kier alpha value is -1.02. The van der Waals surface area contributed by atoms with Crippen LogP contribution in [0.5, 0.6) is 0 Å². The smallest absolute Gasteiger partial charge is 0.0373 e. The molecular formula is C13H20N2. The average Bonchev–Trinajstić information content (AvgIpc) is 2.72. The summed E-state index contributed by atoms with van der Waals surface area (Å²) in [6, 6.07) is 7.23. The molecule has 1 fully saturated rings. The minimum atomic E-state index is 0.657. The van der Waals surface area contributed by atoms with E-state index < -0.39 is 0 Å². The SMILES string of the molecule is Cc1ccc(C)c(NCC2CCCN2)c1. The highest BCUT2D eigenvalue weighted by atomic mass is 15.0. The second-order valence-electron chi connectivity index (χ2n) is 4.49. The lowest BCUT2D eigenvalue weighted by molar-refractivity contribution is 0.633. The van der Waals surface area contributed by atoms with Crippen LogP contribution < -0.4 is 10.6 Å². The van der Waals surface area contributed by atoms with Gasteiger partial charge in [-0.05, 0) is 50.4 Å². The van der Waals surface area contributed by atoms with Crippen molar-refractivity contribution in [1.82, 2.24) is 5.32 Å². The van der Waals surface area contributed by atoms with E-state index in [1.165, 1.54) is 36.2 Å². The fourth-order valence-corrected chi connectivity index (χ4v) is 2.09. The summed E-state index contributed by atoms with van der Waals surface area (Å²) < 4.78 is 0. The highest BCUT2D eigenvalue weighted by molar-refractivity contribution is 5.52. The van der Waals surface area contributed by atoms with Crippen molar-refractivity contribution in [1.29, 1.82) is 0 Å². The van der Waals surface area contributed by atoms with Crippen molar-refractivity contribution in [3.8, 4) is 0 Å². The van der Waals surface area contributed by atoms with Crippen molar-refractivity contribution in [2.45, 2.75) is 32.7 Å². The number of hydrogen-bond acceptors (Lipinski definition) is 2. The van der Waals surface area contributed by atoms with Crippen LogP contribution in [0.1, 0.15) is 24.0 Å². The molecule has 0 spiro atoms. The molecule has 1 atom stereocenters. The highest BCUT2D eigenvalue weighted by Crippen LogP contribution is 2.17. The number of hydrogen-bond donors (Lipinski definition) is 2. The lowest BCUT2D eigenvalue weighted by Gasteiger charge is -2.14. The van der Waals surface area contributed by atoms with E-state index >= 15 is 0 Å². The number of aryl methyl sites for hydroxylation is 2. The first-order chi connectivity index (χ1) is 7.25. The molecule has 2 heteroatoms. The summed E-state index contributed by atoms with van der Waals surface area (Å²) in [6.45, 7) is 6.52. The summed E-state index contributed by atoms with van der Waals surface area (Å²) >= 11 is 0. The molecule has 0 radical (unpaired) electrons. The summed E-state index contributed by atoms with van der Waals surface area (Å²) in [5, 5.41) is 7.03. The Morgan fingerprint density at radius 3 is 3.00 bits per heavy atom. The fourth-order valence-electron chi connectivity index (χ4n) is 2.09. The molecule has 2 N–H and O–H groups in total. The Balaban J connectivity index is 1.94. The van der Waals surface area contributed by atoms with Crippen molar-refractivity contribution in [3.63, 3.8) is 0 Å². The first-order valence-corrected chi connectivity index (χ1v) is 5.80. The highest BCUT2D eigenvalue weighted by Gasteiger charge is 2.13. The molecule has 1 aliphatic rings. The third kappa shape index (κ3) is 2.72. The molecule has 1 aliphatic heterocycles. The van der Waals surface area contributed by atoms with Crippen molar-refractivity contribution in [3.05, 3.63) is 29.3 Å². The van der Waals surface area contributed by atoms with Gasteiger partial charge in [0.25, 0.3) is 0 Å². The fraction of sp³-hybridized carbons (Fsp3) is 0.538. The zero-order valence-corrected chi connectivity index (χ0v) is 9.64. The van der Waals surface area contributed by atoms with E-state index in [1.54, 1.807) is 0 Å². The monoisotopic (exact) mass is 204 g/mol. The molecule has 82 valence electrons. The summed E-state index contributed by atoms with van der Waals surface area (Å²) in [6.07, 6.45) is 2.62. The van der Waals surface area contributed by atoms with Gasteiger partial charge in [-0.25, -0.2) is 0 Å². The van der Waals surface area contributed by atoms with Gasteiger partial charge in [0, 0.05) is 18.3 Å². The van der Waals surface area contributed by atoms with Gasteiger partial charge in [0.2, 0.25) is 0 Å². The van der Waals surface area contributed by atoms with E-state index in [4.69, 9.17) is 0 Å². The van der Waals surface area contributed by atoms with Crippen LogP contribution in [0.3, 0.4) is 0 Å². The van der Waals surface area contributed by atoms with Gasteiger partial charge in [0.05, 0.1) is 0 Å². The Morgan fingerprint density at radius 1 is 1.40 bits per heavy atom. The molecule has 1 saturated heterocycles. The molecule has 0 bridgehead atoms. The van der Waals surface area contributed by atoms with E-state index in [2.05, 4.69) is 42.7 Å². The molecule has 0 saturated carbocycles. The molecule has 0 amide bonds. The minimum absolute atomic E-state index is 0.657. The normalized spacial score (nSPS) is 20.5. The van der Waals surface area contributed by atoms with Gasteiger partial charge in [-0.3, -0.25) is 0 Å². The van der Waals surface area contributed by atoms with Crippen LogP contribution in [0, 0.1) is 13.8 Å². The van der Waals surface area contributed by atoms with Crippen LogP contribution in [-0.2, 0) is 0 Å². The lowest BCUT2D eigenvalue weighted by Crippen LogP contribution is -2.29. The van der Waals surface area contributed by atoms with Gasteiger partial charge >= 0.3 is 0 Å². The van der Waals surface area contributed by atoms with Crippen LogP contribution in [0.2, 0.25) is 0 Å². The Labute approximate surface area is 92.1 Å². The van der Waals surface area contributed by atoms with Crippen molar-refractivity contribution in [2.24, 2.45) is 0 Å². The summed E-state index contributed by atoms with van der Waals surface area (Å²) in [7, 11) is 0. The summed E-state index contributed by atoms with van der Waals surface area (Å²) in [4.78, 5) is 0. The molecule has 2 nitrogen and oxygen atoms in total. The number of nitrogens with one attached hydrogen (secondary N) is 2. The van der Waals surface area contributed by atoms with Crippen molar-refractivity contribution < 1.29 is 0 Å². The molecule has 2 rings (SSSR count). The number of anilines is 1. The van der Waals surface area contributed by atoms with E-state index in [1.807, 2.05) is 0 Å². The maximum atomic E-state index is 3.53. The molecule has 0 aliphatic carbocycles. The van der Waals surface area contributed by atoms with Crippen LogP contribution in [0.25, 0.3) is 0 Å². The Morgan fingerprint density at radius 2 is 2.27 bits per heavy atom. The second-order valence-corrected chi connectivity index (χ2v) is 4.49. The third-order valence-electron chi connectivity index (χ3n) is 3.09. The van der Waals surface area contributed by atoms with Gasteiger partial charge in [0.1, 0.15) is 0 Å². The Kier molecular flexibility index (Phi) is 3.27. The summed E-state index contributed by atoms with van der Waals surface area (Å²) in [5.41, 5.74) is 3.93. The van der Waals surface area contributed by atoms with E-state index in [-0.39, 0.29) is 0 Å². The Bertz CT molecular complexity index is 327. The molecule has 1 unspecified atom stereocenters. The van der Waals surface area contributed by atoms with Crippen LogP contribution in [-0.4, -0.2) is 19.1 Å². The topological polar surface area (TPSA) is 24.1 Å². The molecule has 15 heavy (non-hydrogen) atoms. The molecule has 1 aromatic carbocycles. The largest absolute Gasteiger partial charge is 0.383 e. The zero-order valence-electron chi connectivity index (χ0n) is 9.64. The van der Waals surface area contributed by atoms with Crippen molar-refractivity contribution >= 4 is 5.69 Å². The lowest BCUT2D eigenvalue weighted by atomic mass is 10.1. The first-order valence-electron chi connectivity index (χ1n) is 5.80. The van der Waals surface area contributed by atoms with E-state index in [0.29, 0.717) is 6.04 Å². The standard InChI is InChI=1S/C13H20N2/c1-10-5-6-11(2)13(8-10)15-9-12-4-3-7-14-12/h5-6,8,12,14-15H,3-4,7,9H2,1-2H3. The van der Waals surface area contributed by atoms with Crippen LogP contribution in [0.4, 0.5) is 5.69 Å². The summed E-state index contributed by atoms with van der Waals surface area (Å²) in [5.74, 6) is 0. The minimum Gasteiger partial charge on any atom is -0.383 e. The van der Waals surface area contributed by atoms with Crippen LogP contribution in [0.15, 0.2) is 18.2 Å². The van der Waals surface area contributed by atoms with Gasteiger partial charge in [-0.2, -0.15) is 0 Å². The van der Waals surface area contributed by atoms with Crippen molar-refractivity contribution in [2.75, 3.05) is 18.4 Å². The number of rotatable bonds is 3.